The van der Waals surface area contributed by atoms with E-state index >= 15 is 0 Å². The highest BCUT2D eigenvalue weighted by Gasteiger charge is 2.30. The van der Waals surface area contributed by atoms with Crippen molar-refractivity contribution in [2.24, 2.45) is 0 Å². The highest BCUT2D eigenvalue weighted by Crippen LogP contribution is 2.23. The van der Waals surface area contributed by atoms with E-state index in [-0.39, 0.29) is 31.7 Å². The van der Waals surface area contributed by atoms with E-state index < -0.39 is 41.4 Å². The van der Waals surface area contributed by atoms with Gasteiger partial charge < -0.3 is 10.1 Å². The minimum absolute atomic E-state index is 0.00806. The third-order valence-electron chi connectivity index (χ3n) is 3.79. The third kappa shape index (κ3) is 12.0. The van der Waals surface area contributed by atoms with Gasteiger partial charge in [0.15, 0.2) is 6.61 Å². The first-order valence-electron chi connectivity index (χ1n) is 10.2. The zero-order chi connectivity index (χ0) is 24.2. The van der Waals surface area contributed by atoms with Crippen molar-refractivity contribution in [2.45, 2.75) is 72.5 Å². The summed E-state index contributed by atoms with van der Waals surface area (Å²) < 4.78 is 5.92. The molecule has 0 atom stereocenters. The molecular formula is C21H35N3O7. The molecular weight excluding hydrogens is 406 g/mol. The summed E-state index contributed by atoms with van der Waals surface area (Å²) in [6, 6.07) is 0. The first kappa shape index (κ1) is 28.4. The van der Waals surface area contributed by atoms with E-state index in [1.165, 1.54) is 6.92 Å². The first-order chi connectivity index (χ1) is 14.3. The largest absolute Gasteiger partial charge is 0.367 e. The van der Waals surface area contributed by atoms with E-state index in [4.69, 9.17) is 9.57 Å². The lowest BCUT2D eigenvalue weighted by molar-refractivity contribution is -0.147. The molecule has 1 rings (SSSR count). The molecule has 0 saturated heterocycles. The van der Waals surface area contributed by atoms with Crippen LogP contribution in [0.5, 0.6) is 0 Å². The number of hydrogen-bond acceptors (Lipinski definition) is 7. The molecule has 4 amide bonds. The van der Waals surface area contributed by atoms with Crippen LogP contribution in [0.2, 0.25) is 0 Å². The van der Waals surface area contributed by atoms with Crippen LogP contribution in [0, 0.1) is 0 Å². The van der Waals surface area contributed by atoms with Crippen LogP contribution in [0.15, 0.2) is 12.2 Å². The molecule has 0 spiro atoms. The molecule has 0 aromatic carbocycles. The second-order valence-electron chi connectivity index (χ2n) is 8.00. The minimum Gasteiger partial charge on any atom is -0.367 e. The van der Waals surface area contributed by atoms with Crippen molar-refractivity contribution in [3.63, 3.8) is 0 Å². The number of imide groups is 1. The summed E-state index contributed by atoms with van der Waals surface area (Å²) in [6.07, 6.45) is 2.37. The zero-order valence-corrected chi connectivity index (χ0v) is 19.5. The van der Waals surface area contributed by atoms with Gasteiger partial charge in [-0.15, -0.1) is 0 Å². The van der Waals surface area contributed by atoms with Gasteiger partial charge in [0, 0.05) is 38.1 Å². The van der Waals surface area contributed by atoms with Gasteiger partial charge in [-0.1, -0.05) is 13.8 Å². The Morgan fingerprint density at radius 3 is 2.03 bits per heavy atom. The van der Waals surface area contributed by atoms with Gasteiger partial charge in [-0.3, -0.25) is 33.7 Å². The summed E-state index contributed by atoms with van der Waals surface area (Å²) in [4.78, 5) is 63.3. The highest BCUT2D eigenvalue weighted by atomic mass is 16.7. The number of nitrogens with one attached hydrogen (secondary N) is 2. The summed E-state index contributed by atoms with van der Waals surface area (Å²) in [5.74, 6) is -1.98. The van der Waals surface area contributed by atoms with Crippen molar-refractivity contribution in [3.8, 4) is 0 Å². The number of carbonyl (C=O) groups is 5. The Morgan fingerprint density at radius 2 is 1.52 bits per heavy atom. The van der Waals surface area contributed by atoms with Crippen molar-refractivity contribution in [3.05, 3.63) is 12.2 Å². The van der Waals surface area contributed by atoms with Gasteiger partial charge in [0.1, 0.15) is 5.78 Å². The van der Waals surface area contributed by atoms with Gasteiger partial charge in [0.25, 0.3) is 11.8 Å². The van der Waals surface area contributed by atoms with E-state index in [1.54, 1.807) is 27.7 Å². The number of ketones is 1. The predicted octanol–water partition coefficient (Wildman–Crippen LogP) is 1.04. The molecule has 0 aromatic rings. The van der Waals surface area contributed by atoms with Crippen LogP contribution in [-0.2, 0) is 33.5 Å². The highest BCUT2D eigenvalue weighted by molar-refractivity contribution is 6.13. The Balaban J connectivity index is 0.00000436. The molecule has 0 saturated carbocycles. The number of Topliss-reactive ketones (excluding diaryl/α,β-unsaturated/α-hetero) is 1. The van der Waals surface area contributed by atoms with Gasteiger partial charge >= 0.3 is 0 Å². The summed E-state index contributed by atoms with van der Waals surface area (Å²) in [5, 5.41) is 2.63. The maximum Gasteiger partial charge on any atom is 0.253 e. The van der Waals surface area contributed by atoms with Crippen LogP contribution in [0.25, 0.3) is 0 Å². The van der Waals surface area contributed by atoms with Crippen molar-refractivity contribution in [1.82, 2.24) is 15.7 Å². The Labute approximate surface area is 183 Å². The summed E-state index contributed by atoms with van der Waals surface area (Å²) in [6.45, 7) is 12.3. The molecule has 0 bridgehead atoms. The average Bonchev–Trinajstić information content (AvgIpc) is 2.96. The van der Waals surface area contributed by atoms with E-state index in [2.05, 4.69) is 10.8 Å². The Bertz CT molecular complexity index is 681. The SMILES string of the molecule is CC.CC(=O)CC(C)(C)OC(C)(C)CNC(=O)CONC(=O)CCN1C(=O)C=CC1=O. The number of hydroxylamine groups is 1. The first-order valence-corrected chi connectivity index (χ1v) is 10.2. The molecule has 1 heterocycles. The molecule has 0 aromatic heterocycles. The lowest BCUT2D eigenvalue weighted by atomic mass is 10.00. The molecule has 10 nitrogen and oxygen atoms in total. The number of rotatable bonds is 12. The predicted molar refractivity (Wildman–Crippen MR) is 113 cm³/mol. The Morgan fingerprint density at radius 1 is 0.968 bits per heavy atom. The third-order valence-corrected chi connectivity index (χ3v) is 3.79. The maximum absolute atomic E-state index is 11.9. The molecule has 0 fully saturated rings. The molecule has 2 N–H and O–H groups in total. The fourth-order valence-corrected chi connectivity index (χ4v) is 2.88. The average molecular weight is 442 g/mol. The smallest absolute Gasteiger partial charge is 0.253 e. The van der Waals surface area contributed by atoms with Crippen molar-refractivity contribution >= 4 is 29.4 Å². The second-order valence-corrected chi connectivity index (χ2v) is 8.00. The minimum atomic E-state index is -0.722. The van der Waals surface area contributed by atoms with Crippen LogP contribution in [-0.4, -0.2) is 65.2 Å². The second kappa shape index (κ2) is 13.0. The standard InChI is InChI=1S/C19H29N3O7.C2H6/c1-13(23)10-18(2,3)29-19(4,5)12-20-15(25)11-28-21-14(24)8-9-22-16(26)6-7-17(22)27;1-2/h6-7H,8-12H2,1-5H3,(H,20,25)(H,21,24);1-2H3. The lowest BCUT2D eigenvalue weighted by Crippen LogP contribution is -2.47. The summed E-state index contributed by atoms with van der Waals surface area (Å²) in [7, 11) is 0. The molecule has 1 aliphatic heterocycles. The maximum atomic E-state index is 11.9. The Kier molecular flexibility index (Phi) is 11.9. The van der Waals surface area contributed by atoms with Gasteiger partial charge in [-0.25, -0.2) is 5.48 Å². The van der Waals surface area contributed by atoms with Crippen molar-refractivity contribution in [1.29, 1.82) is 0 Å². The van der Waals surface area contributed by atoms with E-state index in [1.807, 2.05) is 13.8 Å². The summed E-state index contributed by atoms with van der Waals surface area (Å²) >= 11 is 0. The normalized spacial score (nSPS) is 13.6. The number of carbonyl (C=O) groups excluding carboxylic acids is 5. The molecule has 1 aliphatic rings. The van der Waals surface area contributed by atoms with Crippen LogP contribution in [0.4, 0.5) is 0 Å². The number of amides is 4. The van der Waals surface area contributed by atoms with Crippen LogP contribution in [0.1, 0.15) is 61.3 Å². The molecule has 10 heteroatoms. The fourth-order valence-electron chi connectivity index (χ4n) is 2.88. The van der Waals surface area contributed by atoms with Crippen LogP contribution in [0.3, 0.4) is 0 Å². The van der Waals surface area contributed by atoms with E-state index in [0.717, 1.165) is 17.1 Å². The molecule has 31 heavy (non-hydrogen) atoms. The number of nitrogens with zero attached hydrogens (tertiary/aromatic N) is 1. The molecule has 0 unspecified atom stereocenters. The molecule has 0 radical (unpaired) electrons. The monoisotopic (exact) mass is 441 g/mol. The van der Waals surface area contributed by atoms with Crippen LogP contribution >= 0.6 is 0 Å². The molecule has 176 valence electrons. The Hall–Kier alpha value is -2.59. The fraction of sp³-hybridized carbons (Fsp3) is 0.667. The van der Waals surface area contributed by atoms with Crippen LogP contribution < -0.4 is 10.8 Å². The van der Waals surface area contributed by atoms with Crippen molar-refractivity contribution in [2.75, 3.05) is 19.7 Å². The number of hydrogen-bond donors (Lipinski definition) is 2. The van der Waals surface area contributed by atoms with Gasteiger partial charge in [0.2, 0.25) is 11.8 Å². The number of ether oxygens (including phenoxy) is 1. The quantitative estimate of drug-likeness (QED) is 0.342. The lowest BCUT2D eigenvalue weighted by Gasteiger charge is -2.35. The topological polar surface area (TPSA) is 131 Å². The summed E-state index contributed by atoms with van der Waals surface area (Å²) in [5.41, 5.74) is 0.696. The van der Waals surface area contributed by atoms with Crippen molar-refractivity contribution < 1.29 is 33.5 Å². The zero-order valence-electron chi connectivity index (χ0n) is 19.5. The van der Waals surface area contributed by atoms with Gasteiger partial charge in [-0.05, 0) is 34.6 Å². The van der Waals surface area contributed by atoms with Gasteiger partial charge in [-0.2, -0.15) is 0 Å². The molecule has 0 aliphatic carbocycles. The van der Waals surface area contributed by atoms with E-state index in [9.17, 15) is 24.0 Å². The van der Waals surface area contributed by atoms with Gasteiger partial charge in [0.05, 0.1) is 11.2 Å². The van der Waals surface area contributed by atoms with E-state index in [0.29, 0.717) is 0 Å².